The lowest BCUT2D eigenvalue weighted by atomic mass is 9.70. The summed E-state index contributed by atoms with van der Waals surface area (Å²) in [6.07, 6.45) is 9.96. The van der Waals surface area contributed by atoms with Gasteiger partial charge in [0.05, 0.1) is 11.9 Å². The number of ether oxygens (including phenoxy) is 1. The minimum absolute atomic E-state index is 0.0296. The summed E-state index contributed by atoms with van der Waals surface area (Å²) >= 11 is 0. The maximum Gasteiger partial charge on any atom is 0.232 e. The lowest BCUT2D eigenvalue weighted by Gasteiger charge is -2.37. The van der Waals surface area contributed by atoms with Crippen LogP contribution in [-0.2, 0) is 14.8 Å². The molecule has 1 aromatic heterocycles. The number of hydrogen-bond donors (Lipinski definition) is 1. The predicted octanol–water partition coefficient (Wildman–Crippen LogP) is 2.48. The highest BCUT2D eigenvalue weighted by molar-refractivity contribution is 7.89. The first-order chi connectivity index (χ1) is 13.2. The second-order valence-electron chi connectivity index (χ2n) is 9.18. The van der Waals surface area contributed by atoms with Gasteiger partial charge in [-0.05, 0) is 49.9 Å². The first kappa shape index (κ1) is 19.8. The summed E-state index contributed by atoms with van der Waals surface area (Å²) in [6, 6.07) is -0.0973. The molecule has 8 heteroatoms. The van der Waals surface area contributed by atoms with Gasteiger partial charge in [-0.25, -0.2) is 18.1 Å². The summed E-state index contributed by atoms with van der Waals surface area (Å²) in [5, 5.41) is 0. The Labute approximate surface area is 166 Å². The molecule has 154 valence electrons. The number of aromatic nitrogens is 2. The fraction of sp³-hybridized carbons (Fsp3) is 0.750. The highest BCUT2D eigenvalue weighted by Gasteiger charge is 2.65. The summed E-state index contributed by atoms with van der Waals surface area (Å²) in [6.45, 7) is 4.14. The number of Topliss-reactive ketones (excluding diaryl/α,β-unsaturated/α-hetero) is 1. The van der Waals surface area contributed by atoms with E-state index in [1.54, 1.807) is 18.6 Å². The molecule has 28 heavy (non-hydrogen) atoms. The van der Waals surface area contributed by atoms with Gasteiger partial charge >= 0.3 is 0 Å². The minimum atomic E-state index is -3.52. The molecule has 3 saturated carbocycles. The van der Waals surface area contributed by atoms with Gasteiger partial charge in [-0.15, -0.1) is 0 Å². The Morgan fingerprint density at radius 3 is 2.50 bits per heavy atom. The first-order valence-electron chi connectivity index (χ1n) is 10.2. The van der Waals surface area contributed by atoms with Gasteiger partial charge in [-0.2, -0.15) is 0 Å². The average molecular weight is 408 g/mol. The van der Waals surface area contributed by atoms with Gasteiger partial charge in [-0.1, -0.05) is 13.8 Å². The molecular weight excluding hydrogens is 378 g/mol. The number of nitrogens with zero attached hydrogens (tertiary/aromatic N) is 2. The first-order valence-corrected chi connectivity index (χ1v) is 11.8. The number of carbonyl (C=O) groups is 1. The number of fused-ring (bicyclic) bond motifs is 2. The van der Waals surface area contributed by atoms with E-state index in [0.29, 0.717) is 24.6 Å². The normalized spacial score (nSPS) is 34.5. The smallest absolute Gasteiger partial charge is 0.232 e. The van der Waals surface area contributed by atoms with Gasteiger partial charge in [0.25, 0.3) is 0 Å². The van der Waals surface area contributed by atoms with Gasteiger partial charge < -0.3 is 4.74 Å². The van der Waals surface area contributed by atoms with Crippen molar-refractivity contribution < 1.29 is 17.9 Å². The number of hydrogen-bond acceptors (Lipinski definition) is 6. The lowest BCUT2D eigenvalue weighted by molar-refractivity contribution is -0.128. The quantitative estimate of drug-likeness (QED) is 0.778. The maximum atomic E-state index is 12.9. The zero-order chi connectivity index (χ0) is 20.0. The molecule has 0 aliphatic heterocycles. The van der Waals surface area contributed by atoms with Crippen molar-refractivity contribution in [3.8, 4) is 5.88 Å². The molecule has 3 aliphatic carbocycles. The van der Waals surface area contributed by atoms with E-state index in [1.165, 1.54) is 0 Å². The van der Waals surface area contributed by atoms with Gasteiger partial charge in [-0.3, -0.25) is 9.78 Å². The predicted molar refractivity (Wildman–Crippen MR) is 104 cm³/mol. The molecule has 4 rings (SSSR count). The molecule has 1 aromatic rings. The average Bonchev–Trinajstić information content (AvgIpc) is 2.98. The van der Waals surface area contributed by atoms with E-state index in [2.05, 4.69) is 28.5 Å². The summed E-state index contributed by atoms with van der Waals surface area (Å²) in [5.74, 6) is 0.894. The summed E-state index contributed by atoms with van der Waals surface area (Å²) in [5.41, 5.74) is -0.948. The Kier molecular flexibility index (Phi) is 4.98. The third kappa shape index (κ3) is 3.45. The van der Waals surface area contributed by atoms with Crippen molar-refractivity contribution in [2.45, 2.75) is 70.9 Å². The van der Waals surface area contributed by atoms with Crippen molar-refractivity contribution in [3.63, 3.8) is 0 Å². The van der Waals surface area contributed by atoms with Crippen LogP contribution < -0.4 is 9.46 Å². The summed E-state index contributed by atoms with van der Waals surface area (Å²) in [4.78, 5) is 20.8. The molecule has 7 nitrogen and oxygen atoms in total. The van der Waals surface area contributed by atoms with E-state index >= 15 is 0 Å². The molecular formula is C20H29N3O4S. The van der Waals surface area contributed by atoms with Crippen LogP contribution in [0.5, 0.6) is 5.88 Å². The fourth-order valence-corrected chi connectivity index (χ4v) is 7.70. The van der Waals surface area contributed by atoms with Crippen LogP contribution >= 0.6 is 0 Å². The SMILES string of the molecule is CC1(C)C2CCC1(CS(=O)(=O)NC1CCC(Oc3cnccn3)CC1)C(=O)C2. The molecule has 0 spiro atoms. The van der Waals surface area contributed by atoms with Crippen LogP contribution in [0.3, 0.4) is 0 Å². The van der Waals surface area contributed by atoms with E-state index in [4.69, 9.17) is 4.74 Å². The van der Waals surface area contributed by atoms with E-state index in [-0.39, 0.29) is 29.1 Å². The molecule has 3 fully saturated rings. The van der Waals surface area contributed by atoms with Crippen LogP contribution in [0.25, 0.3) is 0 Å². The molecule has 2 unspecified atom stereocenters. The molecule has 1 heterocycles. The number of carbonyl (C=O) groups excluding carboxylic acids is 1. The number of ketones is 1. The van der Waals surface area contributed by atoms with Gasteiger partial charge in [0.15, 0.2) is 0 Å². The molecule has 2 atom stereocenters. The molecule has 2 bridgehead atoms. The molecule has 0 saturated heterocycles. The second-order valence-corrected chi connectivity index (χ2v) is 10.9. The molecule has 0 aromatic carbocycles. The third-order valence-corrected chi connectivity index (χ3v) is 8.99. The molecule has 0 radical (unpaired) electrons. The standard InChI is InChI=1S/C20H29N3O4S/c1-19(2)14-7-8-20(19,17(24)11-14)13-28(25,26)23-15-3-5-16(6-4-15)27-18-12-21-9-10-22-18/h9-10,12,14-16,23H,3-8,11,13H2,1-2H3. The number of nitrogens with one attached hydrogen (secondary N) is 1. The number of sulfonamides is 1. The van der Waals surface area contributed by atoms with Crippen molar-refractivity contribution in [1.82, 2.24) is 14.7 Å². The third-order valence-electron chi connectivity index (χ3n) is 7.42. The van der Waals surface area contributed by atoms with Crippen LogP contribution in [0, 0.1) is 16.7 Å². The van der Waals surface area contributed by atoms with Crippen LogP contribution in [0.15, 0.2) is 18.6 Å². The Balaban J connectivity index is 1.34. The van der Waals surface area contributed by atoms with Crippen LogP contribution in [0.1, 0.15) is 58.8 Å². The monoisotopic (exact) mass is 407 g/mol. The van der Waals surface area contributed by atoms with E-state index in [9.17, 15) is 13.2 Å². The molecule has 3 aliphatic rings. The van der Waals surface area contributed by atoms with Crippen LogP contribution in [0.2, 0.25) is 0 Å². The summed E-state index contributed by atoms with van der Waals surface area (Å²) < 4.78 is 34.6. The summed E-state index contributed by atoms with van der Waals surface area (Å²) in [7, 11) is -3.52. The van der Waals surface area contributed by atoms with E-state index in [1.807, 2.05) is 0 Å². The molecule has 1 N–H and O–H groups in total. The van der Waals surface area contributed by atoms with Crippen molar-refractivity contribution in [3.05, 3.63) is 18.6 Å². The Morgan fingerprint density at radius 2 is 1.93 bits per heavy atom. The van der Waals surface area contributed by atoms with Gasteiger partial charge in [0.2, 0.25) is 15.9 Å². The zero-order valence-corrected chi connectivity index (χ0v) is 17.4. The molecule has 0 amide bonds. The van der Waals surface area contributed by atoms with Crippen molar-refractivity contribution in [1.29, 1.82) is 0 Å². The largest absolute Gasteiger partial charge is 0.473 e. The van der Waals surface area contributed by atoms with E-state index in [0.717, 1.165) is 32.1 Å². The Bertz CT molecular complexity index is 834. The van der Waals surface area contributed by atoms with Crippen molar-refractivity contribution in [2.24, 2.45) is 16.7 Å². The van der Waals surface area contributed by atoms with Crippen molar-refractivity contribution >= 4 is 15.8 Å². The van der Waals surface area contributed by atoms with Crippen molar-refractivity contribution in [2.75, 3.05) is 5.75 Å². The maximum absolute atomic E-state index is 12.9. The highest BCUT2D eigenvalue weighted by Crippen LogP contribution is 2.64. The van der Waals surface area contributed by atoms with Crippen LogP contribution in [0.4, 0.5) is 0 Å². The number of rotatable bonds is 6. The minimum Gasteiger partial charge on any atom is -0.473 e. The van der Waals surface area contributed by atoms with Crippen LogP contribution in [-0.4, -0.2) is 42.1 Å². The highest BCUT2D eigenvalue weighted by atomic mass is 32.2. The second kappa shape index (κ2) is 7.06. The lowest BCUT2D eigenvalue weighted by Crippen LogP contribution is -2.48. The zero-order valence-electron chi connectivity index (χ0n) is 16.6. The van der Waals surface area contributed by atoms with E-state index < -0.39 is 15.4 Å². The topological polar surface area (TPSA) is 98.2 Å². The Morgan fingerprint density at radius 1 is 1.18 bits per heavy atom. The van der Waals surface area contributed by atoms with Gasteiger partial charge in [0, 0.05) is 30.3 Å². The fourth-order valence-electron chi connectivity index (χ4n) is 5.54. The Hall–Kier alpha value is -1.54. The van der Waals surface area contributed by atoms with Gasteiger partial charge in [0.1, 0.15) is 11.9 Å².